The van der Waals surface area contributed by atoms with Gasteiger partial charge in [-0.1, -0.05) is 211 Å². The predicted octanol–water partition coefficient (Wildman–Crippen LogP) is 14.5. The number of hydrogen-bond donors (Lipinski definition) is 0. The molecule has 0 aliphatic rings. The molecule has 1 aromatic carbocycles. The van der Waals surface area contributed by atoms with Gasteiger partial charge in [-0.15, -0.1) is 0 Å². The fourth-order valence-electron chi connectivity index (χ4n) is 6.47. The summed E-state index contributed by atoms with van der Waals surface area (Å²) in [5.41, 5.74) is 2.81. The Kier molecular flexibility index (Phi) is 29.2. The Morgan fingerprint density at radius 3 is 0.833 bits per heavy atom. The van der Waals surface area contributed by atoms with E-state index in [1.165, 1.54) is 217 Å². The number of nitrogens with zero attached hydrogens (tertiary/aromatic N) is 1. The molecule has 0 saturated carbocycles. The third-order valence-electron chi connectivity index (χ3n) is 9.46. The van der Waals surface area contributed by atoms with Crippen molar-refractivity contribution in [3.63, 3.8) is 0 Å². The molecule has 42 heavy (non-hydrogen) atoms. The summed E-state index contributed by atoms with van der Waals surface area (Å²) in [7, 11) is 0. The highest BCUT2D eigenvalue weighted by atomic mass is 15.1. The summed E-state index contributed by atoms with van der Waals surface area (Å²) in [6.07, 6.45) is 43.3. The molecule has 0 unspecified atom stereocenters. The van der Waals surface area contributed by atoms with Gasteiger partial charge in [0.2, 0.25) is 0 Å². The van der Waals surface area contributed by atoms with Gasteiger partial charge in [0.1, 0.15) is 0 Å². The molecule has 1 heteroatoms. The minimum absolute atomic E-state index is 1.24. The van der Waals surface area contributed by atoms with Crippen LogP contribution in [-0.4, -0.2) is 13.1 Å². The van der Waals surface area contributed by atoms with Gasteiger partial charge in [-0.05, 0) is 31.9 Å². The highest BCUT2D eigenvalue weighted by Gasteiger charge is 2.06. The van der Waals surface area contributed by atoms with Gasteiger partial charge < -0.3 is 4.90 Å². The Morgan fingerprint density at radius 1 is 0.333 bits per heavy atom. The largest absolute Gasteiger partial charge is 0.372 e. The van der Waals surface area contributed by atoms with Crippen molar-refractivity contribution >= 4 is 5.69 Å². The molecule has 0 aromatic heterocycles. The SMILES string of the molecule is CCCCCCCCCCCCCCCCCCN(CCCCCCCCCCCCCCCC)c1ccc(C)cc1. The summed E-state index contributed by atoms with van der Waals surface area (Å²) in [6.45, 7) is 9.29. The minimum atomic E-state index is 1.24. The monoisotopic (exact) mass is 584 g/mol. The number of hydrogen-bond acceptors (Lipinski definition) is 1. The molecular weight excluding hydrogens is 506 g/mol. The number of unbranched alkanes of at least 4 members (excludes halogenated alkanes) is 28. The van der Waals surface area contributed by atoms with E-state index in [1.807, 2.05) is 0 Å². The first-order valence-corrected chi connectivity index (χ1v) is 19.6. The van der Waals surface area contributed by atoms with Gasteiger partial charge in [0, 0.05) is 18.8 Å². The summed E-state index contributed by atoms with van der Waals surface area (Å²) in [5.74, 6) is 0. The average Bonchev–Trinajstić information content (AvgIpc) is 3.00. The molecule has 0 saturated heterocycles. The topological polar surface area (TPSA) is 3.24 Å². The molecule has 0 atom stereocenters. The summed E-state index contributed by atoms with van der Waals surface area (Å²) in [5, 5.41) is 0. The number of anilines is 1. The Labute approximate surface area is 266 Å². The molecule has 246 valence electrons. The quantitative estimate of drug-likeness (QED) is 0.0744. The summed E-state index contributed by atoms with van der Waals surface area (Å²) >= 11 is 0. The van der Waals surface area contributed by atoms with Crippen LogP contribution in [0.3, 0.4) is 0 Å². The second-order valence-electron chi connectivity index (χ2n) is 13.7. The maximum absolute atomic E-state index is 2.68. The van der Waals surface area contributed by atoms with Crippen LogP contribution in [0.2, 0.25) is 0 Å². The predicted molar refractivity (Wildman–Crippen MR) is 193 cm³/mol. The van der Waals surface area contributed by atoms with E-state index in [2.05, 4.69) is 49.9 Å². The molecule has 0 bridgehead atoms. The zero-order valence-electron chi connectivity index (χ0n) is 29.4. The molecule has 0 aliphatic heterocycles. The fourth-order valence-corrected chi connectivity index (χ4v) is 6.47. The third-order valence-corrected chi connectivity index (χ3v) is 9.46. The van der Waals surface area contributed by atoms with Gasteiger partial charge in [0.15, 0.2) is 0 Å². The molecule has 1 rings (SSSR count). The molecule has 1 aromatic rings. The smallest absolute Gasteiger partial charge is 0.0366 e. The number of benzene rings is 1. The van der Waals surface area contributed by atoms with Crippen LogP contribution >= 0.6 is 0 Å². The van der Waals surface area contributed by atoms with Gasteiger partial charge in [-0.25, -0.2) is 0 Å². The Hall–Kier alpha value is -0.980. The van der Waals surface area contributed by atoms with Crippen LogP contribution < -0.4 is 4.90 Å². The van der Waals surface area contributed by atoms with Gasteiger partial charge in [0.25, 0.3) is 0 Å². The molecule has 0 radical (unpaired) electrons. The van der Waals surface area contributed by atoms with Crippen LogP contribution in [-0.2, 0) is 0 Å². The van der Waals surface area contributed by atoms with E-state index in [9.17, 15) is 0 Å². The molecule has 0 heterocycles. The van der Waals surface area contributed by atoms with E-state index < -0.39 is 0 Å². The van der Waals surface area contributed by atoms with E-state index >= 15 is 0 Å². The zero-order valence-corrected chi connectivity index (χ0v) is 29.4. The molecule has 0 amide bonds. The van der Waals surface area contributed by atoms with E-state index in [0.29, 0.717) is 0 Å². The van der Waals surface area contributed by atoms with Crippen LogP contribution in [0.5, 0.6) is 0 Å². The summed E-state index contributed by atoms with van der Waals surface area (Å²) < 4.78 is 0. The second-order valence-corrected chi connectivity index (χ2v) is 13.7. The van der Waals surface area contributed by atoms with Gasteiger partial charge in [-0.3, -0.25) is 0 Å². The molecule has 0 N–H and O–H groups in total. The Bertz CT molecular complexity index is 635. The van der Waals surface area contributed by atoms with Crippen molar-refractivity contribution in [2.45, 2.75) is 213 Å². The lowest BCUT2D eigenvalue weighted by Crippen LogP contribution is -2.25. The first kappa shape index (κ1) is 39.0. The highest BCUT2D eigenvalue weighted by molar-refractivity contribution is 5.47. The average molecular weight is 584 g/mol. The van der Waals surface area contributed by atoms with E-state index in [-0.39, 0.29) is 0 Å². The van der Waals surface area contributed by atoms with E-state index in [4.69, 9.17) is 0 Å². The second kappa shape index (κ2) is 31.4. The first-order chi connectivity index (χ1) is 20.8. The zero-order chi connectivity index (χ0) is 30.2. The lowest BCUT2D eigenvalue weighted by molar-refractivity contribution is 0.526. The van der Waals surface area contributed by atoms with Crippen LogP contribution in [0.25, 0.3) is 0 Å². The van der Waals surface area contributed by atoms with Crippen molar-refractivity contribution in [1.29, 1.82) is 0 Å². The fraction of sp³-hybridized carbons (Fsp3) is 0.854. The minimum Gasteiger partial charge on any atom is -0.372 e. The van der Waals surface area contributed by atoms with Gasteiger partial charge >= 0.3 is 0 Å². The Balaban J connectivity index is 2.02. The first-order valence-electron chi connectivity index (χ1n) is 19.6. The normalized spacial score (nSPS) is 11.4. The van der Waals surface area contributed by atoms with Gasteiger partial charge in [0.05, 0.1) is 0 Å². The number of aryl methyl sites for hydroxylation is 1. The van der Waals surface area contributed by atoms with Crippen molar-refractivity contribution in [2.75, 3.05) is 18.0 Å². The maximum Gasteiger partial charge on any atom is 0.0366 e. The highest BCUT2D eigenvalue weighted by Crippen LogP contribution is 2.19. The lowest BCUT2D eigenvalue weighted by atomic mass is 10.0. The molecular formula is C41H77N. The van der Waals surface area contributed by atoms with Crippen LogP contribution in [0.4, 0.5) is 5.69 Å². The molecule has 0 aliphatic carbocycles. The van der Waals surface area contributed by atoms with Crippen LogP contribution in [0.15, 0.2) is 24.3 Å². The van der Waals surface area contributed by atoms with E-state index in [1.54, 1.807) is 0 Å². The molecule has 1 nitrogen and oxygen atoms in total. The van der Waals surface area contributed by atoms with Crippen molar-refractivity contribution in [3.8, 4) is 0 Å². The van der Waals surface area contributed by atoms with Crippen molar-refractivity contribution in [3.05, 3.63) is 29.8 Å². The van der Waals surface area contributed by atoms with Crippen molar-refractivity contribution in [2.24, 2.45) is 0 Å². The number of rotatable bonds is 33. The van der Waals surface area contributed by atoms with Crippen molar-refractivity contribution in [1.82, 2.24) is 0 Å². The Morgan fingerprint density at radius 2 is 0.571 bits per heavy atom. The van der Waals surface area contributed by atoms with Crippen molar-refractivity contribution < 1.29 is 0 Å². The van der Waals surface area contributed by atoms with Gasteiger partial charge in [-0.2, -0.15) is 0 Å². The summed E-state index contributed by atoms with van der Waals surface area (Å²) in [6, 6.07) is 9.29. The van der Waals surface area contributed by atoms with Crippen LogP contribution in [0.1, 0.15) is 212 Å². The lowest BCUT2D eigenvalue weighted by Gasteiger charge is -2.25. The van der Waals surface area contributed by atoms with E-state index in [0.717, 1.165) is 0 Å². The maximum atomic E-state index is 2.68. The summed E-state index contributed by atoms with van der Waals surface area (Å²) in [4.78, 5) is 2.68. The standard InChI is InChI=1S/C41H77N/c1-4-6-8-10-12-14-16-18-20-21-23-25-27-29-31-33-39-42(41-36-34-40(3)35-37-41)38-32-30-28-26-24-22-19-17-15-13-11-9-7-5-2/h34-37H,4-33,38-39H2,1-3H3. The third kappa shape index (κ3) is 25.5. The van der Waals surface area contributed by atoms with Crippen LogP contribution in [0, 0.1) is 6.92 Å². The molecule has 0 spiro atoms. The molecule has 0 fully saturated rings.